The maximum atomic E-state index is 12.2. The van der Waals surface area contributed by atoms with Crippen molar-refractivity contribution in [1.29, 1.82) is 0 Å². The first kappa shape index (κ1) is 12.5. The van der Waals surface area contributed by atoms with Crippen molar-refractivity contribution in [3.63, 3.8) is 0 Å². The van der Waals surface area contributed by atoms with E-state index in [0.29, 0.717) is 6.04 Å². The van der Waals surface area contributed by atoms with E-state index in [1.807, 2.05) is 30.5 Å². The lowest BCUT2D eigenvalue weighted by Crippen LogP contribution is -2.33. The molecule has 1 N–H and O–H groups in total. The molecule has 1 aromatic carbocycles. The first-order valence-corrected chi connectivity index (χ1v) is 7.37. The third-order valence-corrected chi connectivity index (χ3v) is 4.18. The number of carbonyl (C=O) groups excluding carboxylic acids is 1. The average molecular weight is 249 g/mol. The zero-order valence-corrected chi connectivity index (χ0v) is 11.2. The Kier molecular flexibility index (Phi) is 4.11. The van der Waals surface area contributed by atoms with E-state index in [4.69, 9.17) is 0 Å². The van der Waals surface area contributed by atoms with Crippen molar-refractivity contribution in [2.24, 2.45) is 5.92 Å². The molecular formula is C14H19NOS. The molecule has 0 aliphatic heterocycles. The largest absolute Gasteiger partial charge is 0.349 e. The van der Waals surface area contributed by atoms with Crippen LogP contribution in [0, 0.1) is 5.92 Å². The Morgan fingerprint density at radius 1 is 1.35 bits per heavy atom. The van der Waals surface area contributed by atoms with E-state index < -0.39 is 0 Å². The Morgan fingerprint density at radius 2 is 2.12 bits per heavy atom. The number of nitrogens with one attached hydrogen (secondary N) is 1. The minimum Gasteiger partial charge on any atom is -0.349 e. The van der Waals surface area contributed by atoms with Crippen LogP contribution in [0.25, 0.3) is 0 Å². The molecule has 1 fully saturated rings. The highest BCUT2D eigenvalue weighted by atomic mass is 32.2. The molecule has 3 heteroatoms. The van der Waals surface area contributed by atoms with Crippen LogP contribution in [0.15, 0.2) is 29.2 Å². The maximum absolute atomic E-state index is 12.2. The number of hydrogen-bond donors (Lipinski definition) is 1. The van der Waals surface area contributed by atoms with Crippen molar-refractivity contribution in [1.82, 2.24) is 5.32 Å². The second-order valence-electron chi connectivity index (χ2n) is 4.79. The molecule has 1 aliphatic carbocycles. The molecule has 2 atom stereocenters. The zero-order valence-electron chi connectivity index (χ0n) is 10.4. The SMILES string of the molecule is CSc1ccccc1C(=O)NC1CCC(C)C1. The number of rotatable bonds is 3. The van der Waals surface area contributed by atoms with E-state index in [1.54, 1.807) is 11.8 Å². The lowest BCUT2D eigenvalue weighted by molar-refractivity contribution is 0.0934. The van der Waals surface area contributed by atoms with Gasteiger partial charge in [-0.25, -0.2) is 0 Å². The van der Waals surface area contributed by atoms with Crippen LogP contribution in [0.5, 0.6) is 0 Å². The van der Waals surface area contributed by atoms with Crippen molar-refractivity contribution in [3.8, 4) is 0 Å². The van der Waals surface area contributed by atoms with Gasteiger partial charge in [0.25, 0.3) is 5.91 Å². The number of hydrogen-bond acceptors (Lipinski definition) is 2. The van der Waals surface area contributed by atoms with E-state index in [0.717, 1.165) is 29.2 Å². The number of carbonyl (C=O) groups is 1. The number of thioether (sulfide) groups is 1. The van der Waals surface area contributed by atoms with Crippen LogP contribution in [-0.2, 0) is 0 Å². The second kappa shape index (κ2) is 5.58. The summed E-state index contributed by atoms with van der Waals surface area (Å²) in [5.41, 5.74) is 0.805. The summed E-state index contributed by atoms with van der Waals surface area (Å²) in [5.74, 6) is 0.824. The van der Waals surface area contributed by atoms with Gasteiger partial charge in [0.2, 0.25) is 0 Å². The molecular weight excluding hydrogens is 230 g/mol. The Hall–Kier alpha value is -0.960. The molecule has 0 bridgehead atoms. The zero-order chi connectivity index (χ0) is 12.3. The highest BCUT2D eigenvalue weighted by molar-refractivity contribution is 7.98. The van der Waals surface area contributed by atoms with E-state index in [2.05, 4.69) is 12.2 Å². The quantitative estimate of drug-likeness (QED) is 0.833. The normalized spacial score (nSPS) is 23.6. The standard InChI is InChI=1S/C14H19NOS/c1-10-7-8-11(9-10)15-14(16)12-5-3-4-6-13(12)17-2/h3-6,10-11H,7-9H2,1-2H3,(H,15,16). The molecule has 1 aliphatic rings. The summed E-state index contributed by atoms with van der Waals surface area (Å²) in [6.45, 7) is 2.25. The van der Waals surface area contributed by atoms with Crippen LogP contribution in [-0.4, -0.2) is 18.2 Å². The van der Waals surface area contributed by atoms with Crippen LogP contribution >= 0.6 is 11.8 Å². The summed E-state index contributed by atoms with van der Waals surface area (Å²) in [7, 11) is 0. The van der Waals surface area contributed by atoms with Gasteiger partial charge in [-0.05, 0) is 43.6 Å². The smallest absolute Gasteiger partial charge is 0.252 e. The van der Waals surface area contributed by atoms with Crippen LogP contribution in [0.4, 0.5) is 0 Å². The fourth-order valence-corrected chi connectivity index (χ4v) is 3.03. The molecule has 2 nitrogen and oxygen atoms in total. The monoisotopic (exact) mass is 249 g/mol. The van der Waals surface area contributed by atoms with Crippen LogP contribution in [0.1, 0.15) is 36.5 Å². The molecule has 0 heterocycles. The van der Waals surface area contributed by atoms with Crippen LogP contribution < -0.4 is 5.32 Å². The Labute approximate surface area is 107 Å². The van der Waals surface area contributed by atoms with Crippen molar-refractivity contribution in [2.45, 2.75) is 37.1 Å². The molecule has 2 unspecified atom stereocenters. The first-order chi connectivity index (χ1) is 8.20. The fraction of sp³-hybridized carbons (Fsp3) is 0.500. The number of amides is 1. The van der Waals surface area contributed by atoms with Gasteiger partial charge in [0, 0.05) is 10.9 Å². The average Bonchev–Trinajstić information content (AvgIpc) is 2.74. The summed E-state index contributed by atoms with van der Waals surface area (Å²) in [4.78, 5) is 13.2. The van der Waals surface area contributed by atoms with Gasteiger partial charge >= 0.3 is 0 Å². The van der Waals surface area contributed by atoms with Crippen LogP contribution in [0.3, 0.4) is 0 Å². The molecule has 1 aromatic rings. The molecule has 92 valence electrons. The summed E-state index contributed by atoms with van der Waals surface area (Å²) >= 11 is 1.62. The van der Waals surface area contributed by atoms with Gasteiger partial charge in [-0.2, -0.15) is 0 Å². The molecule has 0 spiro atoms. The third-order valence-electron chi connectivity index (χ3n) is 3.38. The van der Waals surface area contributed by atoms with Gasteiger partial charge in [-0.15, -0.1) is 11.8 Å². The molecule has 2 rings (SSSR count). The van der Waals surface area contributed by atoms with Gasteiger partial charge in [-0.3, -0.25) is 4.79 Å². The molecule has 0 aromatic heterocycles. The van der Waals surface area contributed by atoms with Gasteiger partial charge in [0.05, 0.1) is 5.56 Å². The summed E-state index contributed by atoms with van der Waals surface area (Å²) in [6, 6.07) is 8.16. The summed E-state index contributed by atoms with van der Waals surface area (Å²) < 4.78 is 0. The van der Waals surface area contributed by atoms with Crippen molar-refractivity contribution >= 4 is 17.7 Å². The molecule has 0 radical (unpaired) electrons. The van der Waals surface area contributed by atoms with Gasteiger partial charge in [0.1, 0.15) is 0 Å². The van der Waals surface area contributed by atoms with Gasteiger partial charge in [-0.1, -0.05) is 19.1 Å². The predicted octanol–water partition coefficient (Wildman–Crippen LogP) is 3.33. The van der Waals surface area contributed by atoms with Gasteiger partial charge in [0.15, 0.2) is 0 Å². The summed E-state index contributed by atoms with van der Waals surface area (Å²) in [6.07, 6.45) is 5.47. The molecule has 1 amide bonds. The molecule has 0 saturated heterocycles. The Morgan fingerprint density at radius 3 is 2.76 bits per heavy atom. The molecule has 17 heavy (non-hydrogen) atoms. The van der Waals surface area contributed by atoms with E-state index in [1.165, 1.54) is 6.42 Å². The summed E-state index contributed by atoms with van der Waals surface area (Å²) in [5, 5.41) is 3.15. The van der Waals surface area contributed by atoms with Crippen molar-refractivity contribution in [2.75, 3.05) is 6.26 Å². The van der Waals surface area contributed by atoms with E-state index >= 15 is 0 Å². The second-order valence-corrected chi connectivity index (χ2v) is 5.64. The number of benzene rings is 1. The van der Waals surface area contributed by atoms with E-state index in [-0.39, 0.29) is 5.91 Å². The van der Waals surface area contributed by atoms with E-state index in [9.17, 15) is 4.79 Å². The topological polar surface area (TPSA) is 29.1 Å². The molecule has 1 saturated carbocycles. The Bertz CT molecular complexity index is 405. The highest BCUT2D eigenvalue weighted by Gasteiger charge is 2.23. The highest BCUT2D eigenvalue weighted by Crippen LogP contribution is 2.26. The van der Waals surface area contributed by atoms with Gasteiger partial charge < -0.3 is 5.32 Å². The minimum atomic E-state index is 0.0778. The van der Waals surface area contributed by atoms with Crippen molar-refractivity contribution in [3.05, 3.63) is 29.8 Å². The first-order valence-electron chi connectivity index (χ1n) is 6.14. The lowest BCUT2D eigenvalue weighted by atomic mass is 10.1. The van der Waals surface area contributed by atoms with Crippen molar-refractivity contribution < 1.29 is 4.79 Å². The fourth-order valence-electron chi connectivity index (χ4n) is 2.43. The minimum absolute atomic E-state index is 0.0778. The lowest BCUT2D eigenvalue weighted by Gasteiger charge is -2.14. The predicted molar refractivity (Wildman–Crippen MR) is 72.5 cm³/mol. The maximum Gasteiger partial charge on any atom is 0.252 e. The third kappa shape index (κ3) is 3.03. The Balaban J connectivity index is 2.04. The van der Waals surface area contributed by atoms with Crippen LogP contribution in [0.2, 0.25) is 0 Å².